The predicted octanol–water partition coefficient (Wildman–Crippen LogP) is 0.304. The molecular weight excluding hydrogens is 374 g/mol. The van der Waals surface area contributed by atoms with E-state index >= 15 is 0 Å². The summed E-state index contributed by atoms with van der Waals surface area (Å²) in [5, 5.41) is 14.2. The Kier molecular flexibility index (Phi) is 5.28. The topological polar surface area (TPSA) is 142 Å². The summed E-state index contributed by atoms with van der Waals surface area (Å²) in [6.45, 7) is 3.12. The molecule has 4 heterocycles. The van der Waals surface area contributed by atoms with Crippen LogP contribution in [0.5, 0.6) is 0 Å². The molecule has 0 unspecified atom stereocenters. The van der Waals surface area contributed by atoms with Crippen LogP contribution in [0.25, 0.3) is 22.3 Å². The first-order chi connectivity index (χ1) is 14.1. The molecule has 0 spiro atoms. The van der Waals surface area contributed by atoms with Crippen molar-refractivity contribution in [3.8, 4) is 11.3 Å². The summed E-state index contributed by atoms with van der Waals surface area (Å²) in [6, 6.07) is 3.29. The summed E-state index contributed by atoms with van der Waals surface area (Å²) < 4.78 is 5.13. The molecule has 29 heavy (non-hydrogen) atoms. The first-order valence-corrected chi connectivity index (χ1v) is 9.42. The van der Waals surface area contributed by atoms with Crippen molar-refractivity contribution in [3.05, 3.63) is 30.7 Å². The zero-order valence-corrected chi connectivity index (χ0v) is 16.0. The van der Waals surface area contributed by atoms with Gasteiger partial charge in [0.2, 0.25) is 11.9 Å². The van der Waals surface area contributed by atoms with Gasteiger partial charge in [-0.15, -0.1) is 0 Å². The standard InChI is InChI=1S/C19H23N7O3/c1-2-29-10-16(28)24-13-8-26(9-15(13)27)14-4-6-21-18-17(14)11(7-23-18)12-3-5-22-19(20)25-12/h3-7,13,15,27H,2,8-10H2,1H3,(H,21,23)(H,24,28)(H2,20,22,25)/t13-,15+/m1/s1. The summed E-state index contributed by atoms with van der Waals surface area (Å²) in [7, 11) is 0. The molecule has 1 fully saturated rings. The first-order valence-electron chi connectivity index (χ1n) is 9.42. The van der Waals surface area contributed by atoms with Gasteiger partial charge in [0.15, 0.2) is 0 Å². The quantitative estimate of drug-likeness (QED) is 0.465. The van der Waals surface area contributed by atoms with Gasteiger partial charge in [-0.2, -0.15) is 0 Å². The lowest BCUT2D eigenvalue weighted by molar-refractivity contribution is -0.126. The highest BCUT2D eigenvalue weighted by atomic mass is 16.5. The number of nitrogen functional groups attached to an aromatic ring is 1. The van der Waals surface area contributed by atoms with E-state index in [1.54, 1.807) is 18.5 Å². The lowest BCUT2D eigenvalue weighted by atomic mass is 10.1. The van der Waals surface area contributed by atoms with Gasteiger partial charge in [0.1, 0.15) is 12.3 Å². The highest BCUT2D eigenvalue weighted by Gasteiger charge is 2.33. The van der Waals surface area contributed by atoms with Crippen molar-refractivity contribution in [3.63, 3.8) is 0 Å². The number of hydrogen-bond donors (Lipinski definition) is 4. The van der Waals surface area contributed by atoms with Crippen LogP contribution in [-0.2, 0) is 9.53 Å². The number of H-pyrrole nitrogens is 1. The molecule has 0 aromatic carbocycles. The van der Waals surface area contributed by atoms with E-state index in [0.29, 0.717) is 31.0 Å². The van der Waals surface area contributed by atoms with E-state index in [0.717, 1.165) is 16.6 Å². The lowest BCUT2D eigenvalue weighted by Crippen LogP contribution is -2.44. The Hall–Kier alpha value is -3.24. The third-order valence-electron chi connectivity index (χ3n) is 4.92. The third-order valence-corrected chi connectivity index (χ3v) is 4.92. The SMILES string of the molecule is CCOCC(=O)N[C@@H]1CN(c2ccnc3[nH]cc(-c4ccnc(N)n4)c23)C[C@@H]1O. The largest absolute Gasteiger partial charge is 0.389 e. The molecular formula is C19H23N7O3. The molecule has 0 aliphatic carbocycles. The minimum absolute atomic E-state index is 0.0175. The third kappa shape index (κ3) is 3.84. The number of fused-ring (bicyclic) bond motifs is 1. The van der Waals surface area contributed by atoms with Crippen LogP contribution >= 0.6 is 0 Å². The monoisotopic (exact) mass is 397 g/mol. The second-order valence-electron chi connectivity index (χ2n) is 6.84. The van der Waals surface area contributed by atoms with Gasteiger partial charge < -0.3 is 30.8 Å². The second-order valence-corrected chi connectivity index (χ2v) is 6.84. The highest BCUT2D eigenvalue weighted by Crippen LogP contribution is 2.35. The molecule has 0 bridgehead atoms. The summed E-state index contributed by atoms with van der Waals surface area (Å²) in [5.41, 5.74) is 8.86. The lowest BCUT2D eigenvalue weighted by Gasteiger charge is -2.20. The summed E-state index contributed by atoms with van der Waals surface area (Å²) in [4.78, 5) is 29.8. The number of aliphatic hydroxyl groups is 1. The second kappa shape index (κ2) is 8.02. The van der Waals surface area contributed by atoms with Crippen LogP contribution in [0, 0.1) is 0 Å². The Balaban J connectivity index is 1.63. The number of aromatic amines is 1. The summed E-state index contributed by atoms with van der Waals surface area (Å²) >= 11 is 0. The molecule has 0 radical (unpaired) electrons. The Morgan fingerprint density at radius 2 is 2.21 bits per heavy atom. The summed E-state index contributed by atoms with van der Waals surface area (Å²) in [5.74, 6) is -0.0487. The molecule has 3 aromatic rings. The van der Waals surface area contributed by atoms with Gasteiger partial charge in [0.25, 0.3) is 0 Å². The normalized spacial score (nSPS) is 19.0. The minimum atomic E-state index is -0.694. The number of ether oxygens (including phenoxy) is 1. The number of amides is 1. The van der Waals surface area contributed by atoms with Gasteiger partial charge in [-0.1, -0.05) is 0 Å². The van der Waals surface area contributed by atoms with Crippen LogP contribution in [0.15, 0.2) is 30.7 Å². The van der Waals surface area contributed by atoms with Crippen LogP contribution in [0.2, 0.25) is 0 Å². The van der Waals surface area contributed by atoms with Crippen molar-refractivity contribution in [1.82, 2.24) is 25.3 Å². The number of hydrogen-bond acceptors (Lipinski definition) is 8. The minimum Gasteiger partial charge on any atom is -0.389 e. The van der Waals surface area contributed by atoms with E-state index in [4.69, 9.17) is 10.5 Å². The van der Waals surface area contributed by atoms with Gasteiger partial charge in [-0.3, -0.25) is 4.79 Å². The fraction of sp³-hybridized carbons (Fsp3) is 0.368. The zero-order valence-electron chi connectivity index (χ0n) is 16.0. The van der Waals surface area contributed by atoms with E-state index in [1.807, 2.05) is 24.1 Å². The Bertz CT molecular complexity index is 1020. The van der Waals surface area contributed by atoms with Crippen LogP contribution in [-0.4, -0.2) is 69.4 Å². The maximum atomic E-state index is 12.0. The van der Waals surface area contributed by atoms with Crippen molar-refractivity contribution in [1.29, 1.82) is 0 Å². The highest BCUT2D eigenvalue weighted by molar-refractivity contribution is 6.02. The molecule has 1 amide bonds. The molecule has 10 nitrogen and oxygen atoms in total. The fourth-order valence-electron chi connectivity index (χ4n) is 3.60. The van der Waals surface area contributed by atoms with Crippen molar-refractivity contribution in [2.24, 2.45) is 0 Å². The number of nitrogens with zero attached hydrogens (tertiary/aromatic N) is 4. The van der Waals surface area contributed by atoms with E-state index < -0.39 is 6.10 Å². The summed E-state index contributed by atoms with van der Waals surface area (Å²) in [6.07, 6.45) is 4.45. The number of β-amino-alcohol motifs (C(OH)–C–C–N with tert-alkyl or cyclic N) is 1. The van der Waals surface area contributed by atoms with Gasteiger partial charge in [-0.25, -0.2) is 15.0 Å². The number of rotatable bonds is 6. The van der Waals surface area contributed by atoms with Crippen molar-refractivity contribution < 1.29 is 14.6 Å². The van der Waals surface area contributed by atoms with Crippen LogP contribution in [0.1, 0.15) is 6.92 Å². The van der Waals surface area contributed by atoms with Gasteiger partial charge >= 0.3 is 0 Å². The maximum absolute atomic E-state index is 12.0. The number of pyridine rings is 1. The number of nitrogens with two attached hydrogens (primary N) is 1. The van der Waals surface area contributed by atoms with Crippen LogP contribution in [0.4, 0.5) is 11.6 Å². The van der Waals surface area contributed by atoms with Crippen LogP contribution in [0.3, 0.4) is 0 Å². The Labute approximate surface area is 167 Å². The predicted molar refractivity (Wildman–Crippen MR) is 108 cm³/mol. The molecule has 1 aliphatic rings. The van der Waals surface area contributed by atoms with Gasteiger partial charge in [-0.05, 0) is 19.1 Å². The number of nitrogens with one attached hydrogen (secondary N) is 2. The average molecular weight is 397 g/mol. The molecule has 4 rings (SSSR count). The number of aliphatic hydroxyl groups excluding tert-OH is 1. The van der Waals surface area contributed by atoms with Crippen molar-refractivity contribution in [2.45, 2.75) is 19.1 Å². The molecule has 10 heteroatoms. The van der Waals surface area contributed by atoms with E-state index in [2.05, 4.69) is 25.3 Å². The number of carbonyl (C=O) groups excluding carboxylic acids is 1. The Morgan fingerprint density at radius 3 is 3.00 bits per heavy atom. The molecule has 3 aromatic heterocycles. The number of carbonyl (C=O) groups is 1. The first kappa shape index (κ1) is 19.1. The smallest absolute Gasteiger partial charge is 0.246 e. The maximum Gasteiger partial charge on any atom is 0.246 e. The number of aromatic nitrogens is 4. The van der Waals surface area contributed by atoms with Crippen molar-refractivity contribution >= 4 is 28.6 Å². The van der Waals surface area contributed by atoms with E-state index in [9.17, 15) is 9.90 Å². The number of anilines is 2. The van der Waals surface area contributed by atoms with Crippen molar-refractivity contribution in [2.75, 3.05) is 36.9 Å². The zero-order chi connectivity index (χ0) is 20.4. The average Bonchev–Trinajstić information content (AvgIpc) is 3.30. The van der Waals surface area contributed by atoms with Crippen LogP contribution < -0.4 is 16.0 Å². The molecule has 152 valence electrons. The fourth-order valence-corrected chi connectivity index (χ4v) is 3.60. The molecule has 1 aliphatic heterocycles. The van der Waals surface area contributed by atoms with Gasteiger partial charge in [0.05, 0.1) is 28.9 Å². The molecule has 0 saturated carbocycles. The van der Waals surface area contributed by atoms with Gasteiger partial charge in [0, 0.05) is 43.9 Å². The molecule has 5 N–H and O–H groups in total. The molecule has 2 atom stereocenters. The van der Waals surface area contributed by atoms with E-state index in [1.165, 1.54) is 0 Å². The molecule has 1 saturated heterocycles. The Morgan fingerprint density at radius 1 is 1.38 bits per heavy atom. The van der Waals surface area contributed by atoms with E-state index in [-0.39, 0.29) is 24.5 Å².